The first-order valence-corrected chi connectivity index (χ1v) is 10.6. The lowest BCUT2D eigenvalue weighted by Gasteiger charge is -2.09. The summed E-state index contributed by atoms with van der Waals surface area (Å²) in [6.07, 6.45) is -3.31. The van der Waals surface area contributed by atoms with Gasteiger partial charge in [0.1, 0.15) is 17.8 Å². The Hall–Kier alpha value is -4.58. The number of hydrogen-bond donors (Lipinski definition) is 3. The summed E-state index contributed by atoms with van der Waals surface area (Å²) >= 11 is 0. The number of halogens is 3. The molecule has 0 radical (unpaired) electrons. The van der Waals surface area contributed by atoms with E-state index in [1.807, 2.05) is 29.7 Å². The molecule has 0 atom stereocenters. The zero-order valence-corrected chi connectivity index (χ0v) is 18.6. The van der Waals surface area contributed by atoms with Crippen LogP contribution in [0.4, 0.5) is 23.7 Å². The Labute approximate surface area is 203 Å². The summed E-state index contributed by atoms with van der Waals surface area (Å²) in [6, 6.07) is 18.9. The van der Waals surface area contributed by atoms with Crippen LogP contribution in [0.15, 0.2) is 79.1 Å². The molecule has 0 fully saturated rings. The van der Waals surface area contributed by atoms with Crippen molar-refractivity contribution in [2.24, 2.45) is 0 Å². The number of ether oxygens (including phenoxy) is 2. The molecule has 36 heavy (non-hydrogen) atoms. The fourth-order valence-corrected chi connectivity index (χ4v) is 3.19. The average molecular weight is 499 g/mol. The maximum Gasteiger partial charge on any atom is 0.573 e. The lowest BCUT2D eigenvalue weighted by Crippen LogP contribution is -2.28. The quantitative estimate of drug-likeness (QED) is 0.294. The van der Waals surface area contributed by atoms with Gasteiger partial charge in [-0.2, -0.15) is 0 Å². The van der Waals surface area contributed by atoms with E-state index in [-0.39, 0.29) is 5.75 Å². The van der Waals surface area contributed by atoms with Crippen LogP contribution in [0.3, 0.4) is 0 Å². The van der Waals surface area contributed by atoms with Gasteiger partial charge in [-0.05, 0) is 60.5 Å². The fraction of sp³-hybridized carbons (Fsp3) is 0.125. The van der Waals surface area contributed by atoms with Gasteiger partial charge in [0, 0.05) is 12.1 Å². The number of alkyl halides is 3. The van der Waals surface area contributed by atoms with Crippen LogP contribution in [0.2, 0.25) is 0 Å². The lowest BCUT2D eigenvalue weighted by molar-refractivity contribution is -0.274. The first-order valence-electron chi connectivity index (χ1n) is 10.6. The molecule has 4 aromatic rings. The highest BCUT2D eigenvalue weighted by atomic mass is 19.4. The van der Waals surface area contributed by atoms with E-state index >= 15 is 0 Å². The molecular formula is C24H20F3N5O4. The van der Waals surface area contributed by atoms with Crippen LogP contribution in [0.25, 0.3) is 17.1 Å². The van der Waals surface area contributed by atoms with Crippen molar-refractivity contribution in [1.29, 1.82) is 0 Å². The van der Waals surface area contributed by atoms with Crippen molar-refractivity contribution in [2.75, 3.05) is 12.0 Å². The topological polar surface area (TPSA) is 111 Å². The molecule has 0 unspecified atom stereocenters. The number of anilines is 1. The summed E-state index contributed by atoms with van der Waals surface area (Å²) < 4.78 is 47.4. The van der Waals surface area contributed by atoms with Gasteiger partial charge in [0.15, 0.2) is 5.82 Å². The molecule has 0 aliphatic heterocycles. The minimum absolute atomic E-state index is 0.320. The molecule has 12 heteroatoms. The van der Waals surface area contributed by atoms with Crippen molar-refractivity contribution >= 4 is 11.8 Å². The molecule has 0 saturated carbocycles. The Balaban J connectivity index is 1.28. The lowest BCUT2D eigenvalue weighted by atomic mass is 10.1. The molecule has 3 aromatic carbocycles. The van der Waals surface area contributed by atoms with Crippen molar-refractivity contribution in [2.45, 2.75) is 12.8 Å². The Bertz CT molecular complexity index is 1290. The molecule has 0 saturated heterocycles. The van der Waals surface area contributed by atoms with Crippen molar-refractivity contribution in [3.63, 3.8) is 0 Å². The number of nitrogens with zero attached hydrogens (tertiary/aromatic N) is 3. The van der Waals surface area contributed by atoms with Crippen molar-refractivity contribution in [1.82, 2.24) is 20.1 Å². The minimum Gasteiger partial charge on any atom is -0.410 e. The Morgan fingerprint density at radius 2 is 1.61 bits per heavy atom. The number of rotatable bonds is 8. The van der Waals surface area contributed by atoms with Gasteiger partial charge >= 0.3 is 12.5 Å². The molecule has 0 spiro atoms. The summed E-state index contributed by atoms with van der Waals surface area (Å²) in [4.78, 5) is 16.2. The molecule has 0 aliphatic carbocycles. The second-order valence-electron chi connectivity index (χ2n) is 7.45. The van der Waals surface area contributed by atoms with Crippen molar-refractivity contribution in [3.8, 4) is 28.6 Å². The zero-order valence-electron chi connectivity index (χ0n) is 18.6. The van der Waals surface area contributed by atoms with Crippen LogP contribution >= 0.6 is 0 Å². The largest absolute Gasteiger partial charge is 0.573 e. The molecule has 1 heterocycles. The highest BCUT2D eigenvalue weighted by Crippen LogP contribution is 2.24. The van der Waals surface area contributed by atoms with E-state index in [4.69, 9.17) is 9.94 Å². The van der Waals surface area contributed by atoms with E-state index in [1.54, 1.807) is 24.3 Å². The smallest absolute Gasteiger partial charge is 0.410 e. The van der Waals surface area contributed by atoms with Crippen LogP contribution in [0, 0.1) is 0 Å². The molecule has 3 N–H and O–H groups in total. The second kappa shape index (κ2) is 10.8. The normalized spacial score (nSPS) is 11.1. The summed E-state index contributed by atoms with van der Waals surface area (Å²) in [5, 5.41) is 15.8. The first kappa shape index (κ1) is 24.5. The van der Waals surface area contributed by atoms with E-state index in [2.05, 4.69) is 20.1 Å². The fourth-order valence-electron chi connectivity index (χ4n) is 3.19. The van der Waals surface area contributed by atoms with E-state index in [0.29, 0.717) is 35.9 Å². The van der Waals surface area contributed by atoms with Gasteiger partial charge in [0.2, 0.25) is 0 Å². The number of hydrogen-bond acceptors (Lipinski definition) is 7. The van der Waals surface area contributed by atoms with Crippen molar-refractivity contribution in [3.05, 3.63) is 84.7 Å². The van der Waals surface area contributed by atoms with Gasteiger partial charge in [0.05, 0.1) is 11.4 Å². The molecule has 0 aliphatic rings. The van der Waals surface area contributed by atoms with E-state index in [9.17, 15) is 18.0 Å². The maximum atomic E-state index is 12.3. The second-order valence-corrected chi connectivity index (χ2v) is 7.45. The Kier molecular flexibility index (Phi) is 7.35. The number of benzene rings is 3. The van der Waals surface area contributed by atoms with Crippen LogP contribution in [-0.2, 0) is 6.42 Å². The maximum absolute atomic E-state index is 12.3. The monoisotopic (exact) mass is 499 g/mol. The molecule has 186 valence electrons. The summed E-state index contributed by atoms with van der Waals surface area (Å²) in [5.74, 6) is 0.467. The number of carbonyl (C=O) groups excluding carboxylic acids is 1. The van der Waals surface area contributed by atoms with Crippen molar-refractivity contribution < 1.29 is 32.6 Å². The zero-order chi connectivity index (χ0) is 25.5. The molecule has 0 bridgehead atoms. The average Bonchev–Trinajstić information content (AvgIpc) is 3.35. The number of carbonyl (C=O) groups is 1. The molecule has 4 rings (SSSR count). The summed E-state index contributed by atoms with van der Waals surface area (Å²) in [5.41, 5.74) is 4.71. The Morgan fingerprint density at radius 1 is 0.944 bits per heavy atom. The first-order chi connectivity index (χ1) is 17.3. The van der Waals surface area contributed by atoms with Crippen LogP contribution in [0.1, 0.15) is 5.56 Å². The number of amides is 1. The SMILES string of the molecule is O=C(NCCc1ccc(-c2ncn(-c3ccc(OC(F)(F)F)cc3)n2)cc1)Oc1ccc(NO)cc1. The van der Waals surface area contributed by atoms with Gasteiger partial charge < -0.3 is 14.8 Å². The third-order valence-electron chi connectivity index (χ3n) is 4.92. The predicted octanol–water partition coefficient (Wildman–Crippen LogP) is 4.97. The minimum atomic E-state index is -4.75. The van der Waals surface area contributed by atoms with Gasteiger partial charge in [-0.15, -0.1) is 18.3 Å². The summed E-state index contributed by atoms with van der Waals surface area (Å²) in [7, 11) is 0. The molecule has 9 nitrogen and oxygen atoms in total. The molecule has 1 amide bonds. The molecular weight excluding hydrogens is 479 g/mol. The third kappa shape index (κ3) is 6.73. The van der Waals surface area contributed by atoms with E-state index in [0.717, 1.165) is 11.1 Å². The number of aromatic nitrogens is 3. The van der Waals surface area contributed by atoms with Crippen LogP contribution in [0.5, 0.6) is 11.5 Å². The van der Waals surface area contributed by atoms with Gasteiger partial charge in [-0.1, -0.05) is 24.3 Å². The van der Waals surface area contributed by atoms with Crippen LogP contribution < -0.4 is 20.3 Å². The van der Waals surface area contributed by atoms with Crippen LogP contribution in [-0.4, -0.2) is 39.0 Å². The number of nitrogens with one attached hydrogen (secondary N) is 2. The van der Waals surface area contributed by atoms with Gasteiger partial charge in [-0.25, -0.2) is 14.5 Å². The third-order valence-corrected chi connectivity index (χ3v) is 4.92. The van der Waals surface area contributed by atoms with Gasteiger partial charge in [-0.3, -0.25) is 10.7 Å². The van der Waals surface area contributed by atoms with Gasteiger partial charge in [0.25, 0.3) is 0 Å². The Morgan fingerprint density at radius 3 is 2.25 bits per heavy atom. The van der Waals surface area contributed by atoms with E-state index in [1.165, 1.54) is 35.3 Å². The summed E-state index contributed by atoms with van der Waals surface area (Å²) in [6.45, 7) is 0.357. The molecule has 1 aromatic heterocycles. The van der Waals surface area contributed by atoms with E-state index < -0.39 is 12.5 Å². The standard InChI is InChI=1S/C24H20F3N5O4/c25-24(26,27)36-21-11-7-19(8-12-21)32-15-29-22(30-32)17-3-1-16(2-4-17)13-14-28-23(33)35-20-9-5-18(31-34)6-10-20/h1-12,15,31,34H,13-14H2,(H,28,33). The predicted molar refractivity (Wildman–Crippen MR) is 123 cm³/mol. The highest BCUT2D eigenvalue weighted by Gasteiger charge is 2.31. The highest BCUT2D eigenvalue weighted by molar-refractivity contribution is 5.70.